The van der Waals surface area contributed by atoms with Crippen molar-refractivity contribution in [3.05, 3.63) is 65.9 Å². The molecule has 32 heavy (non-hydrogen) atoms. The molecule has 0 amide bonds. The van der Waals surface area contributed by atoms with E-state index in [2.05, 4.69) is 10.3 Å². The van der Waals surface area contributed by atoms with Gasteiger partial charge in [-0.25, -0.2) is 9.78 Å². The molecule has 0 spiro atoms. The van der Waals surface area contributed by atoms with Crippen LogP contribution in [0.25, 0.3) is 10.9 Å². The number of fused-ring (bicyclic) bond motifs is 1. The van der Waals surface area contributed by atoms with Crippen LogP contribution in [0.4, 0.5) is 5.69 Å². The number of aliphatic carboxylic acids is 1. The van der Waals surface area contributed by atoms with Gasteiger partial charge >= 0.3 is 11.9 Å². The second-order valence-corrected chi connectivity index (χ2v) is 8.43. The number of nitrogens with zero attached hydrogens (tertiary/aromatic N) is 2. The van der Waals surface area contributed by atoms with Crippen molar-refractivity contribution in [1.82, 2.24) is 10.3 Å². The van der Waals surface area contributed by atoms with Crippen molar-refractivity contribution >= 4 is 40.3 Å². The van der Waals surface area contributed by atoms with Gasteiger partial charge in [0.05, 0.1) is 18.0 Å². The Labute approximate surface area is 190 Å². The van der Waals surface area contributed by atoms with Crippen molar-refractivity contribution in [2.24, 2.45) is 0 Å². The minimum Gasteiger partial charge on any atom is -0.496 e. The number of ether oxygens (including phenoxy) is 1. The fourth-order valence-corrected chi connectivity index (χ4v) is 4.41. The number of carboxylic acids is 2. The predicted molar refractivity (Wildman–Crippen MR) is 126 cm³/mol. The molecule has 1 aromatic heterocycles. The first kappa shape index (κ1) is 23.4. The van der Waals surface area contributed by atoms with Crippen molar-refractivity contribution in [3.8, 4) is 5.75 Å². The molecule has 1 aliphatic rings. The van der Waals surface area contributed by atoms with Gasteiger partial charge in [-0.05, 0) is 29.8 Å². The number of thioether (sulfide) groups is 1. The minimum absolute atomic E-state index is 0.00875. The van der Waals surface area contributed by atoms with Crippen LogP contribution in [0.3, 0.4) is 0 Å². The normalized spacial score (nSPS) is 17.3. The zero-order valence-corrected chi connectivity index (χ0v) is 18.8. The van der Waals surface area contributed by atoms with E-state index in [0.29, 0.717) is 17.0 Å². The molecule has 0 bridgehead atoms. The number of hydrogen-bond donors (Lipinski definition) is 3. The van der Waals surface area contributed by atoms with E-state index in [9.17, 15) is 9.59 Å². The number of hydrogen-bond acceptors (Lipinski definition) is 7. The number of aromatic nitrogens is 1. The first-order chi connectivity index (χ1) is 15.3. The topological polar surface area (TPSA) is 112 Å². The molecular formula is C23H25N3O5S. The number of nitrogens with one attached hydrogen (secondary N) is 1. The molecule has 0 aliphatic carbocycles. The fraction of sp³-hybridized carbons (Fsp3) is 0.261. The summed E-state index contributed by atoms with van der Waals surface area (Å²) in [7, 11) is 5.50. The lowest BCUT2D eigenvalue weighted by Crippen LogP contribution is -2.33. The summed E-state index contributed by atoms with van der Waals surface area (Å²) in [5.74, 6) is -0.683. The van der Waals surface area contributed by atoms with Crippen molar-refractivity contribution in [2.75, 3.05) is 31.9 Å². The fourth-order valence-electron chi connectivity index (χ4n) is 3.18. The number of para-hydroxylation sites is 1. The van der Waals surface area contributed by atoms with Gasteiger partial charge < -0.3 is 19.8 Å². The summed E-state index contributed by atoms with van der Waals surface area (Å²) in [5, 5.41) is 21.8. The molecule has 8 nitrogen and oxygen atoms in total. The molecule has 2 unspecified atom stereocenters. The highest BCUT2D eigenvalue weighted by molar-refractivity contribution is 7.99. The molecule has 3 aromatic rings. The smallest absolute Gasteiger partial charge is 0.354 e. The predicted octanol–water partition coefficient (Wildman–Crippen LogP) is 3.48. The Hall–Kier alpha value is -3.30. The van der Waals surface area contributed by atoms with Crippen LogP contribution in [0.15, 0.2) is 54.6 Å². The molecule has 168 valence electrons. The third kappa shape index (κ3) is 5.49. The molecule has 0 saturated carbocycles. The molecule has 2 aromatic carbocycles. The lowest BCUT2D eigenvalue weighted by atomic mass is 10.2. The van der Waals surface area contributed by atoms with E-state index in [4.69, 9.17) is 14.9 Å². The molecule has 1 fully saturated rings. The summed E-state index contributed by atoms with van der Waals surface area (Å²) < 4.78 is 5.11. The Balaban J connectivity index is 0.000000182. The number of pyridine rings is 1. The van der Waals surface area contributed by atoms with E-state index in [1.54, 1.807) is 23.9 Å². The summed E-state index contributed by atoms with van der Waals surface area (Å²) in [6.07, 6.45) is 0. The molecule has 1 aliphatic heterocycles. The zero-order chi connectivity index (χ0) is 23.3. The van der Waals surface area contributed by atoms with E-state index >= 15 is 0 Å². The van der Waals surface area contributed by atoms with Crippen LogP contribution in [0, 0.1) is 0 Å². The second-order valence-electron chi connectivity index (χ2n) is 7.29. The second kappa shape index (κ2) is 10.3. The number of benzene rings is 2. The van der Waals surface area contributed by atoms with Crippen molar-refractivity contribution in [2.45, 2.75) is 11.4 Å². The van der Waals surface area contributed by atoms with Crippen LogP contribution in [0.5, 0.6) is 5.75 Å². The first-order valence-corrected chi connectivity index (χ1v) is 10.9. The van der Waals surface area contributed by atoms with Gasteiger partial charge in [0.2, 0.25) is 0 Å². The van der Waals surface area contributed by atoms with Gasteiger partial charge in [-0.1, -0.05) is 24.3 Å². The number of methoxy groups -OCH3 is 1. The Morgan fingerprint density at radius 1 is 1.12 bits per heavy atom. The number of carbonyl (C=O) groups is 2. The quantitative estimate of drug-likeness (QED) is 0.532. The highest BCUT2D eigenvalue weighted by atomic mass is 32.2. The highest BCUT2D eigenvalue weighted by Gasteiger charge is 2.30. The average molecular weight is 456 g/mol. The van der Waals surface area contributed by atoms with Crippen molar-refractivity contribution in [3.63, 3.8) is 0 Å². The summed E-state index contributed by atoms with van der Waals surface area (Å²) in [5.41, 5.74) is 2.88. The van der Waals surface area contributed by atoms with Crippen LogP contribution in [0.2, 0.25) is 0 Å². The van der Waals surface area contributed by atoms with E-state index in [1.165, 1.54) is 13.2 Å². The van der Waals surface area contributed by atoms with Gasteiger partial charge in [-0.15, -0.1) is 11.8 Å². The molecule has 4 rings (SSSR count). The zero-order valence-electron chi connectivity index (χ0n) is 18.0. The van der Waals surface area contributed by atoms with Gasteiger partial charge in [-0.2, -0.15) is 0 Å². The molecule has 3 N–H and O–H groups in total. The number of anilines is 1. The maximum Gasteiger partial charge on any atom is 0.354 e. The van der Waals surface area contributed by atoms with Crippen LogP contribution in [-0.4, -0.2) is 60.1 Å². The van der Waals surface area contributed by atoms with Crippen LogP contribution in [0.1, 0.15) is 21.4 Å². The van der Waals surface area contributed by atoms with Gasteiger partial charge in [0, 0.05) is 37.0 Å². The van der Waals surface area contributed by atoms with Crippen LogP contribution in [-0.2, 0) is 4.79 Å². The van der Waals surface area contributed by atoms with Crippen molar-refractivity contribution < 1.29 is 24.5 Å². The SMILES string of the molecule is CN(C)c1ccc(C2NC(C(=O)O)CS2)cc1.COc1cc(C(=O)O)nc2ccccc12. The first-order valence-electron chi connectivity index (χ1n) is 9.85. The van der Waals surface area contributed by atoms with Gasteiger partial charge in [0.1, 0.15) is 11.8 Å². The lowest BCUT2D eigenvalue weighted by molar-refractivity contribution is -0.138. The Bertz CT molecular complexity index is 1100. The number of aromatic carboxylic acids is 1. The molecule has 1 saturated heterocycles. The number of carboxylic acid groups (broad SMARTS) is 2. The largest absolute Gasteiger partial charge is 0.496 e. The van der Waals surface area contributed by atoms with Crippen LogP contribution >= 0.6 is 11.8 Å². The molecule has 2 heterocycles. The van der Waals surface area contributed by atoms with Gasteiger partial charge in [0.15, 0.2) is 5.69 Å². The standard InChI is InChI=1S/C12H16N2O2S.C11H9NO3/c1-14(2)9-5-3-8(4-6-9)11-13-10(7-17-11)12(15)16;1-15-10-6-9(11(13)14)12-8-5-3-2-4-7(8)10/h3-6,10-11,13H,7H2,1-2H3,(H,15,16);2-6H,1H3,(H,13,14). The molecular weight excluding hydrogens is 430 g/mol. The Morgan fingerprint density at radius 3 is 2.38 bits per heavy atom. The summed E-state index contributed by atoms with van der Waals surface area (Å²) in [4.78, 5) is 27.7. The monoisotopic (exact) mass is 455 g/mol. The molecule has 9 heteroatoms. The average Bonchev–Trinajstić information content (AvgIpc) is 3.29. The number of rotatable bonds is 5. The van der Waals surface area contributed by atoms with E-state index in [0.717, 1.165) is 16.6 Å². The van der Waals surface area contributed by atoms with E-state index in [1.807, 2.05) is 55.4 Å². The summed E-state index contributed by atoms with van der Waals surface area (Å²) >= 11 is 1.64. The Kier molecular flexibility index (Phi) is 7.55. The lowest BCUT2D eigenvalue weighted by Gasteiger charge is -2.15. The summed E-state index contributed by atoms with van der Waals surface area (Å²) in [6.45, 7) is 0. The maximum atomic E-state index is 10.8. The minimum atomic E-state index is -1.06. The molecule has 0 radical (unpaired) electrons. The summed E-state index contributed by atoms with van der Waals surface area (Å²) in [6, 6.07) is 16.4. The van der Waals surface area contributed by atoms with E-state index < -0.39 is 18.0 Å². The van der Waals surface area contributed by atoms with Gasteiger partial charge in [-0.3, -0.25) is 10.1 Å². The van der Waals surface area contributed by atoms with Crippen molar-refractivity contribution in [1.29, 1.82) is 0 Å². The third-order valence-electron chi connectivity index (χ3n) is 4.91. The van der Waals surface area contributed by atoms with Gasteiger partial charge in [0.25, 0.3) is 0 Å². The van der Waals surface area contributed by atoms with E-state index in [-0.39, 0.29) is 11.1 Å². The third-order valence-corrected chi connectivity index (χ3v) is 6.18. The van der Waals surface area contributed by atoms with Crippen LogP contribution < -0.4 is 15.0 Å². The highest BCUT2D eigenvalue weighted by Crippen LogP contribution is 2.33. The maximum absolute atomic E-state index is 10.8. The Morgan fingerprint density at radius 2 is 1.81 bits per heavy atom. The molecule has 2 atom stereocenters.